The van der Waals surface area contributed by atoms with Gasteiger partial charge in [0.25, 0.3) is 0 Å². The summed E-state index contributed by atoms with van der Waals surface area (Å²) < 4.78 is 11.1. The van der Waals surface area contributed by atoms with Crippen LogP contribution in [0.2, 0.25) is 0 Å². The molecule has 6 heteroatoms. The molecule has 1 aromatic carbocycles. The Kier molecular flexibility index (Phi) is 4.01. The van der Waals surface area contributed by atoms with Crippen molar-refractivity contribution in [3.63, 3.8) is 0 Å². The van der Waals surface area contributed by atoms with Crippen LogP contribution in [-0.2, 0) is 24.5 Å². The monoisotopic (exact) mass is 394 g/mol. The Hall–Kier alpha value is -2.47. The number of hydrogen-bond acceptors (Lipinski definition) is 6. The summed E-state index contributed by atoms with van der Waals surface area (Å²) in [7, 11) is 1.44. The van der Waals surface area contributed by atoms with Gasteiger partial charge in [0, 0.05) is 31.6 Å². The highest BCUT2D eigenvalue weighted by atomic mass is 16.5. The first-order valence-corrected chi connectivity index (χ1v) is 10.3. The molecule has 1 aliphatic carbocycles. The lowest BCUT2D eigenvalue weighted by molar-refractivity contribution is -0.176. The van der Waals surface area contributed by atoms with Gasteiger partial charge in [-0.05, 0) is 31.4 Å². The van der Waals surface area contributed by atoms with E-state index in [9.17, 15) is 9.59 Å². The Labute approximate surface area is 170 Å². The van der Waals surface area contributed by atoms with Gasteiger partial charge >= 0.3 is 11.9 Å². The molecule has 3 aliphatic heterocycles. The fourth-order valence-electron chi connectivity index (χ4n) is 6.52. The molecule has 6 nitrogen and oxygen atoms in total. The number of piperidine rings is 2. The van der Waals surface area contributed by atoms with Crippen LogP contribution in [0.4, 0.5) is 5.69 Å². The minimum absolute atomic E-state index is 0.0110. The summed E-state index contributed by atoms with van der Waals surface area (Å²) in [5.74, 6) is -0.737. The van der Waals surface area contributed by atoms with Gasteiger partial charge in [-0.3, -0.25) is 19.5 Å². The summed E-state index contributed by atoms with van der Waals surface area (Å²) in [5.41, 5.74) is 2.65. The summed E-state index contributed by atoms with van der Waals surface area (Å²) in [6.07, 6.45) is 3.69. The van der Waals surface area contributed by atoms with Crippen LogP contribution in [-0.4, -0.2) is 55.4 Å². The zero-order valence-corrected chi connectivity index (χ0v) is 17.1. The predicted octanol–water partition coefficient (Wildman–Crippen LogP) is 2.79. The smallest absolute Gasteiger partial charge is 0.317 e. The number of hydrogen-bond donors (Lipinski definition) is 0. The molecule has 0 radical (unpaired) electrons. The molecular weight excluding hydrogens is 368 g/mol. The maximum atomic E-state index is 13.7. The van der Waals surface area contributed by atoms with Crippen molar-refractivity contribution in [3.05, 3.63) is 41.5 Å². The first kappa shape index (κ1) is 18.6. The molecule has 4 unspecified atom stereocenters. The van der Waals surface area contributed by atoms with Crippen molar-refractivity contribution in [3.8, 4) is 0 Å². The molecule has 0 aromatic heterocycles. The highest BCUT2D eigenvalue weighted by Crippen LogP contribution is 2.66. The van der Waals surface area contributed by atoms with Crippen LogP contribution >= 0.6 is 0 Å². The molecular formula is C23H26N2O4. The minimum Gasteiger partial charge on any atom is -0.468 e. The molecule has 0 N–H and O–H groups in total. The molecule has 3 fully saturated rings. The largest absolute Gasteiger partial charge is 0.468 e. The number of carbonyl (C=O) groups is 2. The lowest BCUT2D eigenvalue weighted by Crippen LogP contribution is -2.75. The summed E-state index contributed by atoms with van der Waals surface area (Å²) in [4.78, 5) is 33.1. The molecule has 0 spiro atoms. The maximum absolute atomic E-state index is 13.7. The molecule has 3 heterocycles. The molecule has 152 valence electrons. The lowest BCUT2D eigenvalue weighted by Gasteiger charge is -2.64. The molecule has 3 bridgehead atoms. The first-order valence-electron chi connectivity index (χ1n) is 10.3. The number of carbonyl (C=O) groups excluding carboxylic acids is 2. The van der Waals surface area contributed by atoms with Gasteiger partial charge in [0.15, 0.2) is 0 Å². The van der Waals surface area contributed by atoms with Gasteiger partial charge < -0.3 is 9.47 Å². The quantitative estimate of drug-likeness (QED) is 0.583. The van der Waals surface area contributed by atoms with Crippen molar-refractivity contribution in [2.24, 2.45) is 16.3 Å². The zero-order chi connectivity index (χ0) is 20.4. The Balaban J connectivity index is 1.83. The third-order valence-corrected chi connectivity index (χ3v) is 7.64. The van der Waals surface area contributed by atoms with E-state index in [0.29, 0.717) is 0 Å². The van der Waals surface area contributed by atoms with Crippen molar-refractivity contribution in [1.29, 1.82) is 0 Å². The third kappa shape index (κ3) is 2.13. The van der Waals surface area contributed by atoms with Crippen molar-refractivity contribution < 1.29 is 19.1 Å². The molecule has 1 aromatic rings. The van der Waals surface area contributed by atoms with E-state index in [0.717, 1.165) is 42.9 Å². The second-order valence-electron chi connectivity index (χ2n) is 8.55. The van der Waals surface area contributed by atoms with E-state index in [2.05, 4.69) is 17.0 Å². The van der Waals surface area contributed by atoms with E-state index in [1.54, 1.807) is 0 Å². The van der Waals surface area contributed by atoms with Crippen LogP contribution in [0.3, 0.4) is 0 Å². The van der Waals surface area contributed by atoms with Gasteiger partial charge in [0.1, 0.15) is 12.0 Å². The SMILES string of the molecule is CC=C1CN2CCC34C(=Nc5ccccc53)C2CC1C4(COC(C)=O)C(=O)OC. The number of para-hydroxylation sites is 1. The van der Waals surface area contributed by atoms with Crippen molar-refractivity contribution in [2.75, 3.05) is 26.8 Å². The number of nitrogens with zero attached hydrogens (tertiary/aromatic N) is 2. The van der Waals surface area contributed by atoms with Gasteiger partial charge in [-0.25, -0.2) is 0 Å². The Morgan fingerprint density at radius 1 is 1.34 bits per heavy atom. The number of esters is 2. The van der Waals surface area contributed by atoms with E-state index >= 15 is 0 Å². The van der Waals surface area contributed by atoms with E-state index in [1.165, 1.54) is 19.6 Å². The van der Waals surface area contributed by atoms with Crippen LogP contribution in [0.5, 0.6) is 0 Å². The molecule has 2 saturated heterocycles. The molecule has 29 heavy (non-hydrogen) atoms. The topological polar surface area (TPSA) is 68.2 Å². The Morgan fingerprint density at radius 2 is 2.14 bits per heavy atom. The van der Waals surface area contributed by atoms with Crippen LogP contribution in [0.1, 0.15) is 32.3 Å². The normalized spacial score (nSPS) is 35.7. The molecule has 5 rings (SSSR count). The molecule has 1 saturated carbocycles. The number of fused-ring (bicyclic) bond motifs is 2. The number of methoxy groups -OCH3 is 1. The van der Waals surface area contributed by atoms with Crippen LogP contribution in [0.15, 0.2) is 40.9 Å². The second-order valence-corrected chi connectivity index (χ2v) is 8.55. The van der Waals surface area contributed by atoms with E-state index in [4.69, 9.17) is 14.5 Å². The molecule has 0 amide bonds. The third-order valence-electron chi connectivity index (χ3n) is 7.64. The van der Waals surface area contributed by atoms with Crippen LogP contribution < -0.4 is 0 Å². The lowest BCUT2D eigenvalue weighted by atomic mass is 9.43. The predicted molar refractivity (Wildman–Crippen MR) is 108 cm³/mol. The minimum atomic E-state index is -1.01. The van der Waals surface area contributed by atoms with Crippen molar-refractivity contribution >= 4 is 23.3 Å². The number of benzene rings is 1. The highest BCUT2D eigenvalue weighted by molar-refractivity contribution is 6.11. The van der Waals surface area contributed by atoms with Gasteiger partial charge in [-0.15, -0.1) is 0 Å². The molecule has 4 aliphatic rings. The first-order chi connectivity index (χ1) is 14.0. The number of rotatable bonds is 3. The summed E-state index contributed by atoms with van der Waals surface area (Å²) in [5, 5.41) is 0. The average Bonchev–Trinajstić information content (AvgIpc) is 3.09. The number of aliphatic imine (C=N–C) groups is 1. The maximum Gasteiger partial charge on any atom is 0.317 e. The summed E-state index contributed by atoms with van der Waals surface area (Å²) in [6, 6.07) is 8.31. The van der Waals surface area contributed by atoms with Crippen molar-refractivity contribution in [2.45, 2.75) is 38.1 Å². The van der Waals surface area contributed by atoms with Gasteiger partial charge in [0.2, 0.25) is 0 Å². The Bertz CT molecular complexity index is 967. The van der Waals surface area contributed by atoms with Crippen molar-refractivity contribution in [1.82, 2.24) is 4.90 Å². The molecule has 4 atom stereocenters. The van der Waals surface area contributed by atoms with Crippen LogP contribution in [0, 0.1) is 11.3 Å². The number of ether oxygens (including phenoxy) is 2. The Morgan fingerprint density at radius 3 is 2.86 bits per heavy atom. The highest BCUT2D eigenvalue weighted by Gasteiger charge is 2.74. The van der Waals surface area contributed by atoms with E-state index in [-0.39, 0.29) is 30.5 Å². The van der Waals surface area contributed by atoms with E-state index in [1.807, 2.05) is 25.1 Å². The van der Waals surface area contributed by atoms with Gasteiger partial charge in [-0.2, -0.15) is 0 Å². The average molecular weight is 394 g/mol. The van der Waals surface area contributed by atoms with E-state index < -0.39 is 10.8 Å². The summed E-state index contributed by atoms with van der Waals surface area (Å²) >= 11 is 0. The second kappa shape index (κ2) is 6.26. The van der Waals surface area contributed by atoms with Gasteiger partial charge in [-0.1, -0.05) is 29.8 Å². The zero-order valence-electron chi connectivity index (χ0n) is 17.1. The summed E-state index contributed by atoms with van der Waals surface area (Å²) in [6.45, 7) is 5.13. The van der Waals surface area contributed by atoms with Gasteiger partial charge in [0.05, 0.1) is 24.3 Å². The van der Waals surface area contributed by atoms with Crippen LogP contribution in [0.25, 0.3) is 0 Å². The standard InChI is InChI=1S/C23H26N2O4/c1-4-15-12-25-10-9-22-16-7-5-6-8-18(16)24-20(22)19(25)11-17(15)23(22,21(27)28-3)13-29-14(2)26/h4-8,17,19H,9-13H2,1-3H3. The number of allylic oxidation sites excluding steroid dienone is 1. The fourth-order valence-corrected chi connectivity index (χ4v) is 6.52. The fraction of sp³-hybridized carbons (Fsp3) is 0.522.